The Hall–Kier alpha value is -1.83. The molecule has 3 atom stereocenters. The van der Waals surface area contributed by atoms with Gasteiger partial charge in [-0.25, -0.2) is 15.0 Å². The van der Waals surface area contributed by atoms with E-state index in [-0.39, 0.29) is 11.3 Å². The van der Waals surface area contributed by atoms with Crippen LogP contribution >= 0.6 is 11.6 Å². The number of fused-ring (bicyclic) bond motifs is 3. The first-order valence-corrected chi connectivity index (χ1v) is 12.5. The van der Waals surface area contributed by atoms with Crippen LogP contribution in [0.4, 0.5) is 0 Å². The zero-order chi connectivity index (χ0) is 23.3. The van der Waals surface area contributed by atoms with Crippen molar-refractivity contribution in [1.29, 1.82) is 0 Å². The summed E-state index contributed by atoms with van der Waals surface area (Å²) < 4.78 is 14.5. The predicted octanol–water partition coefficient (Wildman–Crippen LogP) is 5.12. The second-order valence-corrected chi connectivity index (χ2v) is 10.8. The molecule has 3 fully saturated rings. The highest BCUT2D eigenvalue weighted by Crippen LogP contribution is 2.63. The lowest BCUT2D eigenvalue weighted by molar-refractivity contribution is -0.286. The summed E-state index contributed by atoms with van der Waals surface area (Å²) >= 11 is 6.26. The van der Waals surface area contributed by atoms with Crippen molar-refractivity contribution in [3.05, 3.63) is 29.5 Å². The minimum atomic E-state index is -0.513. The summed E-state index contributed by atoms with van der Waals surface area (Å²) in [7, 11) is 0. The maximum atomic E-state index is 13.3. The van der Waals surface area contributed by atoms with E-state index >= 15 is 0 Å². The third-order valence-electron chi connectivity index (χ3n) is 8.66. The van der Waals surface area contributed by atoms with E-state index in [1.807, 2.05) is 4.57 Å². The molecule has 0 bridgehead atoms. The van der Waals surface area contributed by atoms with Crippen molar-refractivity contribution < 1.29 is 14.3 Å². The maximum absolute atomic E-state index is 13.3. The number of carbonyl (C=O) groups is 1. The van der Waals surface area contributed by atoms with Crippen LogP contribution in [0.5, 0.6) is 0 Å². The molecule has 0 unspecified atom stereocenters. The predicted molar refractivity (Wildman–Crippen MR) is 126 cm³/mol. The fourth-order valence-electron chi connectivity index (χ4n) is 6.66. The van der Waals surface area contributed by atoms with Crippen LogP contribution in [-0.4, -0.2) is 44.3 Å². The number of hydrogen-bond acceptors (Lipinski definition) is 6. The number of allylic oxidation sites excluding steroid dienone is 2. The molecule has 2 aromatic heterocycles. The summed E-state index contributed by atoms with van der Waals surface area (Å²) in [6.45, 7) is 8.67. The normalized spacial score (nSPS) is 31.9. The molecule has 7 nitrogen and oxygen atoms in total. The van der Waals surface area contributed by atoms with Gasteiger partial charge in [0.2, 0.25) is 0 Å². The number of hydrogen-bond donors (Lipinski definition) is 0. The minimum absolute atomic E-state index is 0.126. The Morgan fingerprint density at radius 1 is 1.24 bits per heavy atom. The van der Waals surface area contributed by atoms with Crippen LogP contribution in [0.15, 0.2) is 24.3 Å². The van der Waals surface area contributed by atoms with Gasteiger partial charge >= 0.3 is 0 Å². The molecule has 178 valence electrons. The van der Waals surface area contributed by atoms with E-state index < -0.39 is 11.2 Å². The topological polar surface area (TPSA) is 79.1 Å². The Labute approximate surface area is 199 Å². The lowest BCUT2D eigenvalue weighted by Gasteiger charge is -2.60. The van der Waals surface area contributed by atoms with Crippen molar-refractivity contribution in [3.8, 4) is 0 Å². The Morgan fingerprint density at radius 3 is 2.82 bits per heavy atom. The fourth-order valence-corrected chi connectivity index (χ4v) is 6.90. The van der Waals surface area contributed by atoms with Crippen LogP contribution in [0.2, 0.25) is 5.15 Å². The zero-order valence-electron chi connectivity index (χ0n) is 19.8. The second-order valence-electron chi connectivity index (χ2n) is 10.4. The molecule has 3 heterocycles. The van der Waals surface area contributed by atoms with Crippen LogP contribution in [0.3, 0.4) is 0 Å². The van der Waals surface area contributed by atoms with Gasteiger partial charge in [-0.1, -0.05) is 37.1 Å². The Bertz CT molecular complexity index is 1090. The SMILES string of the molecule is C/C(=C\C[C@@]1(C)C(=O)CC[C@]2(C)[C@H]1CCCC21OCCO1)CCn1cnc2ncnc(Cl)c21. The van der Waals surface area contributed by atoms with E-state index in [2.05, 4.69) is 41.8 Å². The first kappa shape index (κ1) is 22.9. The lowest BCUT2D eigenvalue weighted by atomic mass is 9.48. The van der Waals surface area contributed by atoms with Gasteiger partial charge < -0.3 is 14.0 Å². The average Bonchev–Trinajstić information content (AvgIpc) is 3.44. The largest absolute Gasteiger partial charge is 0.347 e. The molecule has 0 aromatic carbocycles. The monoisotopic (exact) mass is 472 g/mol. The number of halogens is 1. The summed E-state index contributed by atoms with van der Waals surface area (Å²) in [6.07, 6.45) is 11.5. The molecule has 8 heteroatoms. The van der Waals surface area contributed by atoms with E-state index in [1.54, 1.807) is 6.33 Å². The third-order valence-corrected chi connectivity index (χ3v) is 8.93. The van der Waals surface area contributed by atoms with Crippen LogP contribution in [0.25, 0.3) is 11.2 Å². The molecule has 5 rings (SSSR count). The summed E-state index contributed by atoms with van der Waals surface area (Å²) in [5.41, 5.74) is 2.11. The lowest BCUT2D eigenvalue weighted by Crippen LogP contribution is -2.62. The molecule has 3 aliphatic rings. The maximum Gasteiger partial charge on any atom is 0.182 e. The van der Waals surface area contributed by atoms with Gasteiger partial charge in [-0.05, 0) is 44.9 Å². The number of rotatable bonds is 5. The van der Waals surface area contributed by atoms with Gasteiger partial charge in [0.1, 0.15) is 17.6 Å². The second kappa shape index (κ2) is 8.43. The van der Waals surface area contributed by atoms with E-state index in [1.165, 1.54) is 11.9 Å². The molecule has 0 radical (unpaired) electrons. The first-order valence-electron chi connectivity index (χ1n) is 12.1. The van der Waals surface area contributed by atoms with Crippen LogP contribution < -0.4 is 0 Å². The van der Waals surface area contributed by atoms with Gasteiger partial charge in [-0.15, -0.1) is 0 Å². The molecular formula is C25H33ClN4O3. The number of Topliss-reactive ketones (excluding diaryl/α,β-unsaturated/α-hetero) is 1. The molecule has 33 heavy (non-hydrogen) atoms. The van der Waals surface area contributed by atoms with Crippen LogP contribution in [0.1, 0.15) is 65.7 Å². The molecule has 2 aromatic rings. The van der Waals surface area contributed by atoms with E-state index in [0.717, 1.165) is 50.6 Å². The number of imidazole rings is 1. The summed E-state index contributed by atoms with van der Waals surface area (Å²) in [5.74, 6) is 0.129. The molecule has 2 saturated carbocycles. The van der Waals surface area contributed by atoms with Gasteiger partial charge in [0.05, 0.1) is 19.5 Å². The molecule has 2 aliphatic carbocycles. The van der Waals surface area contributed by atoms with Crippen LogP contribution in [-0.2, 0) is 20.8 Å². The number of ether oxygens (including phenoxy) is 2. The van der Waals surface area contributed by atoms with Crippen molar-refractivity contribution in [2.24, 2.45) is 16.7 Å². The summed E-state index contributed by atoms with van der Waals surface area (Å²) in [6, 6.07) is 0. The van der Waals surface area contributed by atoms with E-state index in [0.29, 0.717) is 36.2 Å². The van der Waals surface area contributed by atoms with Gasteiger partial charge in [-0.3, -0.25) is 4.79 Å². The van der Waals surface area contributed by atoms with E-state index in [9.17, 15) is 4.79 Å². The van der Waals surface area contributed by atoms with Crippen molar-refractivity contribution in [1.82, 2.24) is 19.5 Å². The van der Waals surface area contributed by atoms with Crippen LogP contribution in [0, 0.1) is 16.7 Å². The van der Waals surface area contributed by atoms with Gasteiger partial charge in [0.15, 0.2) is 16.6 Å². The third kappa shape index (κ3) is 3.63. The fraction of sp³-hybridized carbons (Fsp3) is 0.680. The standard InChI is InChI=1S/C25H33ClN4O3/c1-17(8-12-30-16-29-22-20(30)21(26)27-15-28-22)6-10-23(2)18-5-4-9-25(32-13-14-33-25)24(18,3)11-7-19(23)31/h6,15-16,18H,4-5,7-14H2,1-3H3/b17-6+/t18-,23+,24+/m0/s1. The van der Waals surface area contributed by atoms with Gasteiger partial charge in [-0.2, -0.15) is 0 Å². The molecule has 0 amide bonds. The Balaban J connectivity index is 1.33. The van der Waals surface area contributed by atoms with Crippen molar-refractivity contribution in [2.75, 3.05) is 13.2 Å². The summed E-state index contributed by atoms with van der Waals surface area (Å²) in [5, 5.41) is 0.418. The van der Waals surface area contributed by atoms with Gasteiger partial charge in [0, 0.05) is 30.2 Å². The summed E-state index contributed by atoms with van der Waals surface area (Å²) in [4.78, 5) is 25.9. The van der Waals surface area contributed by atoms with Crippen molar-refractivity contribution in [2.45, 2.75) is 78.0 Å². The quantitative estimate of drug-likeness (QED) is 0.443. The highest BCUT2D eigenvalue weighted by Gasteiger charge is 2.65. The number of nitrogens with zero attached hydrogens (tertiary/aromatic N) is 4. The first-order chi connectivity index (χ1) is 15.8. The molecular weight excluding hydrogens is 440 g/mol. The van der Waals surface area contributed by atoms with Gasteiger partial charge in [0.25, 0.3) is 0 Å². The molecule has 0 N–H and O–H groups in total. The zero-order valence-corrected chi connectivity index (χ0v) is 20.5. The highest BCUT2D eigenvalue weighted by atomic mass is 35.5. The van der Waals surface area contributed by atoms with Crippen molar-refractivity contribution in [3.63, 3.8) is 0 Å². The number of aromatic nitrogens is 4. The molecule has 1 saturated heterocycles. The Kier molecular flexibility index (Phi) is 5.86. The smallest absolute Gasteiger partial charge is 0.182 e. The minimum Gasteiger partial charge on any atom is -0.347 e. The molecule has 1 spiro atoms. The van der Waals surface area contributed by atoms with Crippen molar-refractivity contribution >= 4 is 28.5 Å². The average molecular weight is 473 g/mol. The number of carbonyl (C=O) groups excluding carboxylic acids is 1. The van der Waals surface area contributed by atoms with E-state index in [4.69, 9.17) is 21.1 Å². The molecule has 1 aliphatic heterocycles. The highest BCUT2D eigenvalue weighted by molar-refractivity contribution is 6.33. The number of aryl methyl sites for hydroxylation is 1. The Morgan fingerprint density at radius 2 is 2.03 bits per heavy atom. The number of ketones is 1.